The molecule has 1 saturated heterocycles. The van der Waals surface area contributed by atoms with Gasteiger partial charge in [0.25, 0.3) is 5.91 Å². The summed E-state index contributed by atoms with van der Waals surface area (Å²) < 4.78 is 1.04. The molecule has 0 aromatic heterocycles. The highest BCUT2D eigenvalue weighted by Crippen LogP contribution is 2.20. The largest absolute Gasteiger partial charge is 0.331 e. The average Bonchev–Trinajstić information content (AvgIpc) is 2.32. The van der Waals surface area contributed by atoms with Crippen molar-refractivity contribution in [2.45, 2.75) is 32.9 Å². The van der Waals surface area contributed by atoms with Gasteiger partial charge in [0.1, 0.15) is 0 Å². The molecule has 2 rings (SSSR count). The van der Waals surface area contributed by atoms with Gasteiger partial charge in [-0.05, 0) is 44.5 Å². The summed E-state index contributed by atoms with van der Waals surface area (Å²) in [7, 11) is 0. The fourth-order valence-corrected chi connectivity index (χ4v) is 2.71. The topological polar surface area (TPSA) is 32.3 Å². The first-order valence-corrected chi connectivity index (χ1v) is 7.09. The Morgan fingerprint density at radius 2 is 1.94 bits per heavy atom. The van der Waals surface area contributed by atoms with Gasteiger partial charge >= 0.3 is 0 Å². The van der Waals surface area contributed by atoms with E-state index in [0.717, 1.165) is 28.7 Å². The lowest BCUT2D eigenvalue weighted by atomic mass is 10.1. The summed E-state index contributed by atoms with van der Waals surface area (Å²) in [6.45, 7) is 7.92. The van der Waals surface area contributed by atoms with Crippen LogP contribution in [0.2, 0.25) is 0 Å². The van der Waals surface area contributed by atoms with Crippen molar-refractivity contribution in [2.24, 2.45) is 0 Å². The van der Waals surface area contributed by atoms with Crippen molar-refractivity contribution in [2.75, 3.05) is 13.1 Å². The molecule has 0 radical (unpaired) electrons. The summed E-state index contributed by atoms with van der Waals surface area (Å²) in [5.74, 6) is 0.132. The number of nitrogens with zero attached hydrogens (tertiary/aromatic N) is 1. The normalized spacial score (nSPS) is 24.1. The number of aryl methyl sites for hydroxylation is 1. The van der Waals surface area contributed by atoms with Gasteiger partial charge in [-0.15, -0.1) is 0 Å². The molecular formula is C14H19BrN2O. The van der Waals surface area contributed by atoms with Crippen LogP contribution in [0.3, 0.4) is 0 Å². The summed E-state index contributed by atoms with van der Waals surface area (Å²) in [5.41, 5.74) is 1.87. The van der Waals surface area contributed by atoms with E-state index in [0.29, 0.717) is 0 Å². The smallest absolute Gasteiger partial charge is 0.254 e. The van der Waals surface area contributed by atoms with Crippen molar-refractivity contribution in [1.82, 2.24) is 10.2 Å². The van der Waals surface area contributed by atoms with Crippen LogP contribution in [0.4, 0.5) is 0 Å². The zero-order chi connectivity index (χ0) is 13.3. The van der Waals surface area contributed by atoms with Gasteiger partial charge in [0, 0.05) is 35.2 Å². The number of halogens is 1. The highest BCUT2D eigenvalue weighted by molar-refractivity contribution is 9.10. The van der Waals surface area contributed by atoms with Gasteiger partial charge in [-0.1, -0.05) is 15.9 Å². The van der Waals surface area contributed by atoms with Gasteiger partial charge in [0.2, 0.25) is 0 Å². The van der Waals surface area contributed by atoms with Crippen molar-refractivity contribution in [3.8, 4) is 0 Å². The molecule has 1 aromatic rings. The monoisotopic (exact) mass is 310 g/mol. The quantitative estimate of drug-likeness (QED) is 0.864. The van der Waals surface area contributed by atoms with Gasteiger partial charge in [-0.25, -0.2) is 0 Å². The van der Waals surface area contributed by atoms with Crippen LogP contribution in [-0.2, 0) is 0 Å². The Labute approximate surface area is 117 Å². The molecule has 18 heavy (non-hydrogen) atoms. The lowest BCUT2D eigenvalue weighted by molar-refractivity contribution is 0.0544. The fraction of sp³-hybridized carbons (Fsp3) is 0.500. The van der Waals surface area contributed by atoms with E-state index >= 15 is 0 Å². The number of amides is 1. The van der Waals surface area contributed by atoms with Gasteiger partial charge in [0.15, 0.2) is 0 Å². The third kappa shape index (κ3) is 2.59. The Hall–Kier alpha value is -0.870. The lowest BCUT2D eigenvalue weighted by Gasteiger charge is -2.39. The van der Waals surface area contributed by atoms with E-state index in [1.54, 1.807) is 0 Å². The molecule has 2 atom stereocenters. The molecule has 2 unspecified atom stereocenters. The van der Waals surface area contributed by atoms with Gasteiger partial charge in [-0.3, -0.25) is 4.79 Å². The Bertz CT molecular complexity index is 451. The molecule has 1 aromatic carbocycles. The Kier molecular flexibility index (Phi) is 4.07. The predicted molar refractivity (Wildman–Crippen MR) is 76.8 cm³/mol. The maximum atomic E-state index is 12.6. The molecule has 0 spiro atoms. The number of carbonyl (C=O) groups excluding carboxylic acids is 1. The molecule has 1 aliphatic heterocycles. The van der Waals surface area contributed by atoms with E-state index in [9.17, 15) is 4.79 Å². The lowest BCUT2D eigenvalue weighted by Crippen LogP contribution is -2.57. The number of nitrogens with one attached hydrogen (secondary N) is 1. The van der Waals surface area contributed by atoms with E-state index < -0.39 is 0 Å². The molecule has 0 aliphatic carbocycles. The van der Waals surface area contributed by atoms with E-state index in [1.807, 2.05) is 30.0 Å². The van der Waals surface area contributed by atoms with Crippen LogP contribution in [0, 0.1) is 6.92 Å². The predicted octanol–water partition coefficient (Wildman–Crippen LogP) is 2.58. The molecule has 1 aliphatic rings. The second kappa shape index (κ2) is 5.41. The number of benzene rings is 1. The van der Waals surface area contributed by atoms with Gasteiger partial charge < -0.3 is 10.2 Å². The van der Waals surface area contributed by atoms with Crippen molar-refractivity contribution in [3.63, 3.8) is 0 Å². The summed E-state index contributed by atoms with van der Waals surface area (Å²) >= 11 is 3.46. The number of hydrogen-bond acceptors (Lipinski definition) is 2. The summed E-state index contributed by atoms with van der Waals surface area (Å²) in [6.07, 6.45) is 0. The van der Waals surface area contributed by atoms with E-state index in [-0.39, 0.29) is 18.0 Å². The number of rotatable bonds is 1. The van der Waals surface area contributed by atoms with E-state index in [2.05, 4.69) is 35.1 Å². The maximum absolute atomic E-state index is 12.6. The second-order valence-corrected chi connectivity index (χ2v) is 5.89. The average molecular weight is 311 g/mol. The van der Waals surface area contributed by atoms with Crippen molar-refractivity contribution >= 4 is 21.8 Å². The molecule has 0 saturated carbocycles. The van der Waals surface area contributed by atoms with Crippen LogP contribution in [0.1, 0.15) is 29.8 Å². The Morgan fingerprint density at radius 3 is 2.50 bits per heavy atom. The second-order valence-electron chi connectivity index (χ2n) is 5.03. The highest BCUT2D eigenvalue weighted by atomic mass is 79.9. The van der Waals surface area contributed by atoms with Crippen molar-refractivity contribution in [1.29, 1.82) is 0 Å². The van der Waals surface area contributed by atoms with Crippen LogP contribution in [0.5, 0.6) is 0 Å². The van der Waals surface area contributed by atoms with E-state index in [4.69, 9.17) is 0 Å². The van der Waals surface area contributed by atoms with Crippen LogP contribution in [-0.4, -0.2) is 36.0 Å². The SMILES string of the molecule is Cc1cc(C(=O)N2C(C)CNCC2C)ccc1Br. The Balaban J connectivity index is 2.26. The first kappa shape index (κ1) is 13.6. The van der Waals surface area contributed by atoms with Crippen LogP contribution in [0.15, 0.2) is 22.7 Å². The number of hydrogen-bond donors (Lipinski definition) is 1. The third-order valence-electron chi connectivity index (χ3n) is 3.47. The number of carbonyl (C=O) groups is 1. The zero-order valence-electron chi connectivity index (χ0n) is 11.0. The molecule has 1 amide bonds. The summed E-state index contributed by atoms with van der Waals surface area (Å²) in [5, 5.41) is 3.34. The van der Waals surface area contributed by atoms with Crippen molar-refractivity contribution in [3.05, 3.63) is 33.8 Å². The summed E-state index contributed by atoms with van der Waals surface area (Å²) in [6, 6.07) is 6.27. The minimum atomic E-state index is 0.132. The molecular weight excluding hydrogens is 292 g/mol. The van der Waals surface area contributed by atoms with E-state index in [1.165, 1.54) is 0 Å². The highest BCUT2D eigenvalue weighted by Gasteiger charge is 2.29. The molecule has 1 heterocycles. The third-order valence-corrected chi connectivity index (χ3v) is 4.36. The minimum Gasteiger partial charge on any atom is -0.331 e. The first-order chi connectivity index (χ1) is 8.50. The van der Waals surface area contributed by atoms with Crippen molar-refractivity contribution < 1.29 is 4.79 Å². The molecule has 98 valence electrons. The van der Waals surface area contributed by atoms with Crippen LogP contribution >= 0.6 is 15.9 Å². The van der Waals surface area contributed by atoms with Crippen LogP contribution in [0.25, 0.3) is 0 Å². The van der Waals surface area contributed by atoms with Gasteiger partial charge in [0.05, 0.1) is 0 Å². The standard InChI is InChI=1S/C14H19BrN2O/c1-9-6-12(4-5-13(9)15)14(18)17-10(2)7-16-8-11(17)3/h4-6,10-11,16H,7-8H2,1-3H3. The molecule has 3 nitrogen and oxygen atoms in total. The Morgan fingerprint density at radius 1 is 1.33 bits per heavy atom. The summed E-state index contributed by atoms with van der Waals surface area (Å²) in [4.78, 5) is 14.6. The fourth-order valence-electron chi connectivity index (χ4n) is 2.46. The minimum absolute atomic E-state index is 0.132. The zero-order valence-corrected chi connectivity index (χ0v) is 12.6. The van der Waals surface area contributed by atoms with Gasteiger partial charge in [-0.2, -0.15) is 0 Å². The molecule has 1 N–H and O–H groups in total. The maximum Gasteiger partial charge on any atom is 0.254 e. The molecule has 4 heteroatoms. The number of piperazine rings is 1. The first-order valence-electron chi connectivity index (χ1n) is 6.30. The van der Waals surface area contributed by atoms with Crippen LogP contribution < -0.4 is 5.32 Å². The molecule has 0 bridgehead atoms. The molecule has 1 fully saturated rings.